The zero-order valence-corrected chi connectivity index (χ0v) is 17.4. The molecule has 3 rings (SSSR count). The predicted molar refractivity (Wildman–Crippen MR) is 109 cm³/mol. The Labute approximate surface area is 165 Å². The van der Waals surface area contributed by atoms with E-state index in [4.69, 9.17) is 0 Å². The maximum atomic E-state index is 13.0. The topological polar surface area (TPSA) is 80.2 Å². The smallest absolute Gasteiger partial charge is 0.254 e. The first-order chi connectivity index (χ1) is 13.1. The Morgan fingerprint density at radius 3 is 2.11 bits per heavy atom. The molecule has 0 unspecified atom stereocenters. The average molecular weight is 398 g/mol. The Balaban J connectivity index is 1.87. The number of sulfone groups is 1. The fourth-order valence-electron chi connectivity index (χ4n) is 2.96. The largest absolute Gasteiger partial charge is 0.335 e. The first kappa shape index (κ1) is 19.9. The summed E-state index contributed by atoms with van der Waals surface area (Å²) in [5.41, 5.74) is 4.54. The minimum absolute atomic E-state index is 0.137. The van der Waals surface area contributed by atoms with E-state index in [-0.39, 0.29) is 16.8 Å². The molecule has 6 nitrogen and oxygen atoms in total. The molecule has 3 aromatic rings. The molecule has 0 N–H and O–H groups in total. The maximum absolute atomic E-state index is 13.0. The quantitative estimate of drug-likeness (QED) is 0.673. The van der Waals surface area contributed by atoms with Crippen LogP contribution in [0.1, 0.15) is 40.3 Å². The van der Waals surface area contributed by atoms with Crippen LogP contribution in [0.5, 0.6) is 0 Å². The van der Waals surface area contributed by atoms with Crippen LogP contribution >= 0.6 is 0 Å². The van der Waals surface area contributed by atoms with Gasteiger partial charge in [-0.15, -0.1) is 0 Å². The Hall–Kier alpha value is -2.80. The molecule has 0 spiro atoms. The fourth-order valence-corrected chi connectivity index (χ4v) is 3.59. The summed E-state index contributed by atoms with van der Waals surface area (Å²) < 4.78 is 23.2. The number of nitrogens with zero attached hydrogens (tertiary/aromatic N) is 3. The molecule has 1 amide bonds. The summed E-state index contributed by atoms with van der Waals surface area (Å²) in [6.07, 6.45) is 1.17. The van der Waals surface area contributed by atoms with E-state index in [9.17, 15) is 13.2 Å². The SMILES string of the molecule is Cc1nc2ccc(C(=O)N(C)[C@@H](C)c3ccc(S(C)(=O)=O)cc3)cc2nc1C. The summed E-state index contributed by atoms with van der Waals surface area (Å²) in [6.45, 7) is 5.71. The van der Waals surface area contributed by atoms with Gasteiger partial charge in [0.25, 0.3) is 5.91 Å². The number of aromatic nitrogens is 2. The van der Waals surface area contributed by atoms with Crippen LogP contribution in [0.2, 0.25) is 0 Å². The van der Waals surface area contributed by atoms with E-state index in [1.165, 1.54) is 6.26 Å². The minimum Gasteiger partial charge on any atom is -0.335 e. The number of fused-ring (bicyclic) bond motifs is 1. The second-order valence-corrected chi connectivity index (χ2v) is 9.05. The van der Waals surface area contributed by atoms with Crippen molar-refractivity contribution in [2.24, 2.45) is 0 Å². The lowest BCUT2D eigenvalue weighted by molar-refractivity contribution is 0.0742. The lowest BCUT2D eigenvalue weighted by Gasteiger charge is -2.25. The van der Waals surface area contributed by atoms with Crippen molar-refractivity contribution >= 4 is 26.8 Å². The van der Waals surface area contributed by atoms with Gasteiger partial charge in [0.15, 0.2) is 9.84 Å². The highest BCUT2D eigenvalue weighted by Gasteiger charge is 2.20. The van der Waals surface area contributed by atoms with Crippen LogP contribution in [-0.4, -0.2) is 42.5 Å². The number of hydrogen-bond acceptors (Lipinski definition) is 5. The van der Waals surface area contributed by atoms with E-state index in [1.807, 2.05) is 20.8 Å². The summed E-state index contributed by atoms with van der Waals surface area (Å²) in [7, 11) is -1.52. The van der Waals surface area contributed by atoms with Gasteiger partial charge in [-0.3, -0.25) is 4.79 Å². The average Bonchev–Trinajstić information content (AvgIpc) is 2.66. The number of hydrogen-bond donors (Lipinski definition) is 0. The number of aryl methyl sites for hydroxylation is 2. The van der Waals surface area contributed by atoms with E-state index in [1.54, 1.807) is 54.4 Å². The molecule has 0 aliphatic heterocycles. The molecule has 28 heavy (non-hydrogen) atoms. The molecule has 0 saturated carbocycles. The molecule has 0 fully saturated rings. The van der Waals surface area contributed by atoms with Crippen molar-refractivity contribution in [2.45, 2.75) is 31.7 Å². The second-order valence-electron chi connectivity index (χ2n) is 7.03. The highest BCUT2D eigenvalue weighted by Crippen LogP contribution is 2.23. The Morgan fingerprint density at radius 2 is 1.54 bits per heavy atom. The van der Waals surface area contributed by atoms with Crippen LogP contribution in [0.4, 0.5) is 0 Å². The molecule has 2 aromatic carbocycles. The zero-order chi connectivity index (χ0) is 20.6. The van der Waals surface area contributed by atoms with Gasteiger partial charge < -0.3 is 4.90 Å². The third-order valence-electron chi connectivity index (χ3n) is 5.01. The molecular weight excluding hydrogens is 374 g/mol. The summed E-state index contributed by atoms with van der Waals surface area (Å²) in [5.74, 6) is -0.137. The van der Waals surface area contributed by atoms with Gasteiger partial charge in [0, 0.05) is 18.9 Å². The molecule has 1 atom stereocenters. The molecule has 0 aliphatic carbocycles. The summed E-state index contributed by atoms with van der Waals surface area (Å²) in [4.78, 5) is 23.9. The maximum Gasteiger partial charge on any atom is 0.254 e. The van der Waals surface area contributed by atoms with Gasteiger partial charge in [-0.1, -0.05) is 12.1 Å². The van der Waals surface area contributed by atoms with Crippen molar-refractivity contribution in [3.8, 4) is 0 Å². The normalized spacial score (nSPS) is 12.8. The second kappa shape index (κ2) is 7.31. The Morgan fingerprint density at radius 1 is 0.964 bits per heavy atom. The minimum atomic E-state index is -3.25. The zero-order valence-electron chi connectivity index (χ0n) is 16.6. The van der Waals surface area contributed by atoms with Crippen molar-refractivity contribution in [3.63, 3.8) is 0 Å². The number of carbonyl (C=O) groups excluding carboxylic acids is 1. The van der Waals surface area contributed by atoms with Crippen LogP contribution in [0, 0.1) is 13.8 Å². The van der Waals surface area contributed by atoms with Crippen molar-refractivity contribution in [1.82, 2.24) is 14.9 Å². The predicted octanol–water partition coefficient (Wildman–Crippen LogP) is 3.48. The lowest BCUT2D eigenvalue weighted by Crippen LogP contribution is -2.29. The third-order valence-corrected chi connectivity index (χ3v) is 6.14. The van der Waals surface area contributed by atoms with Crippen molar-refractivity contribution < 1.29 is 13.2 Å². The van der Waals surface area contributed by atoms with Gasteiger partial charge in [0.1, 0.15) is 0 Å². The Kier molecular flexibility index (Phi) is 5.21. The molecule has 1 aromatic heterocycles. The molecule has 7 heteroatoms. The van der Waals surface area contributed by atoms with Crippen molar-refractivity contribution in [1.29, 1.82) is 0 Å². The van der Waals surface area contributed by atoms with E-state index >= 15 is 0 Å². The highest BCUT2D eigenvalue weighted by atomic mass is 32.2. The first-order valence-corrected chi connectivity index (χ1v) is 10.8. The lowest BCUT2D eigenvalue weighted by atomic mass is 10.1. The van der Waals surface area contributed by atoms with Gasteiger partial charge in [-0.05, 0) is 56.7 Å². The number of carbonyl (C=O) groups is 1. The van der Waals surface area contributed by atoms with Gasteiger partial charge in [0.05, 0.1) is 33.4 Å². The molecule has 0 radical (unpaired) electrons. The summed E-state index contributed by atoms with van der Waals surface area (Å²) >= 11 is 0. The molecule has 146 valence electrons. The van der Waals surface area contributed by atoms with Crippen LogP contribution in [0.25, 0.3) is 11.0 Å². The number of amides is 1. The van der Waals surface area contributed by atoms with Crippen LogP contribution in [-0.2, 0) is 9.84 Å². The Bertz CT molecular complexity index is 1160. The van der Waals surface area contributed by atoms with E-state index in [0.29, 0.717) is 11.1 Å². The summed E-state index contributed by atoms with van der Waals surface area (Å²) in [6, 6.07) is 11.7. The van der Waals surface area contributed by atoms with Crippen molar-refractivity contribution in [2.75, 3.05) is 13.3 Å². The fraction of sp³-hybridized carbons (Fsp3) is 0.286. The van der Waals surface area contributed by atoms with Gasteiger partial charge >= 0.3 is 0 Å². The monoisotopic (exact) mass is 397 g/mol. The van der Waals surface area contributed by atoms with E-state index in [0.717, 1.165) is 22.5 Å². The highest BCUT2D eigenvalue weighted by molar-refractivity contribution is 7.90. The van der Waals surface area contributed by atoms with E-state index in [2.05, 4.69) is 9.97 Å². The standard InChI is InChI=1S/C21H23N3O3S/c1-13-14(2)23-20-12-17(8-11-19(20)22-13)21(25)24(4)15(3)16-6-9-18(10-7-16)28(5,26)27/h6-12,15H,1-5H3/t15-/m0/s1. The molecule has 0 saturated heterocycles. The van der Waals surface area contributed by atoms with Gasteiger partial charge in [0.2, 0.25) is 0 Å². The summed E-state index contributed by atoms with van der Waals surface area (Å²) in [5, 5.41) is 0. The van der Waals surface area contributed by atoms with Gasteiger partial charge in [-0.25, -0.2) is 18.4 Å². The van der Waals surface area contributed by atoms with Gasteiger partial charge in [-0.2, -0.15) is 0 Å². The molecule has 0 aliphatic rings. The molecule has 1 heterocycles. The van der Waals surface area contributed by atoms with E-state index < -0.39 is 9.84 Å². The van der Waals surface area contributed by atoms with Crippen LogP contribution < -0.4 is 0 Å². The third kappa shape index (κ3) is 3.89. The molecule has 0 bridgehead atoms. The number of rotatable bonds is 4. The van der Waals surface area contributed by atoms with Crippen molar-refractivity contribution in [3.05, 3.63) is 65.0 Å². The van der Waals surface area contributed by atoms with Crippen LogP contribution in [0.15, 0.2) is 47.4 Å². The number of benzene rings is 2. The molecular formula is C21H23N3O3S. The van der Waals surface area contributed by atoms with Crippen LogP contribution in [0.3, 0.4) is 0 Å². The first-order valence-electron chi connectivity index (χ1n) is 8.90.